The fourth-order valence-electron chi connectivity index (χ4n) is 1.78. The molecule has 5 amide bonds. The summed E-state index contributed by atoms with van der Waals surface area (Å²) >= 11 is 0. The number of urea groups is 1. The predicted molar refractivity (Wildman–Crippen MR) is 71.6 cm³/mol. The molecule has 7 nitrogen and oxygen atoms in total. The lowest BCUT2D eigenvalue weighted by Crippen LogP contribution is -2.44. The fraction of sp³-hybridized carbons (Fsp3) is 0.692. The Morgan fingerprint density at radius 1 is 1.10 bits per heavy atom. The summed E-state index contributed by atoms with van der Waals surface area (Å²) in [7, 11) is 0. The molecule has 0 aliphatic carbocycles. The number of amides is 5. The number of nitrogens with one attached hydrogen (secondary N) is 1. The maximum Gasteiger partial charge on any atom is 0.334 e. The molecule has 0 unspecified atom stereocenters. The van der Waals surface area contributed by atoms with Gasteiger partial charge in [0.2, 0.25) is 5.91 Å². The Balaban J connectivity index is 2.72. The standard InChI is InChI=1S/C13H21N3O4/c1-5-9(4)14-10(17)7-16-12(19)11(18)15(13(16)20)6-8(2)3/h8-9H,5-7H2,1-4H3,(H,14,17)/t9-/m0/s1. The smallest absolute Gasteiger partial charge is 0.334 e. The quantitative estimate of drug-likeness (QED) is 0.563. The molecule has 0 bridgehead atoms. The Morgan fingerprint density at radius 2 is 1.65 bits per heavy atom. The highest BCUT2D eigenvalue weighted by Crippen LogP contribution is 2.13. The van der Waals surface area contributed by atoms with E-state index >= 15 is 0 Å². The first-order chi connectivity index (χ1) is 9.27. The van der Waals surface area contributed by atoms with Crippen molar-refractivity contribution < 1.29 is 19.2 Å². The molecule has 0 spiro atoms. The molecule has 0 aromatic rings. The molecule has 1 heterocycles. The van der Waals surface area contributed by atoms with Crippen LogP contribution in [0.2, 0.25) is 0 Å². The highest BCUT2D eigenvalue weighted by atomic mass is 16.2. The fourth-order valence-corrected chi connectivity index (χ4v) is 1.78. The van der Waals surface area contributed by atoms with Gasteiger partial charge in [0.1, 0.15) is 6.54 Å². The Morgan fingerprint density at radius 3 is 2.15 bits per heavy atom. The third kappa shape index (κ3) is 3.55. The van der Waals surface area contributed by atoms with E-state index < -0.39 is 30.3 Å². The molecule has 0 saturated carbocycles. The van der Waals surface area contributed by atoms with Gasteiger partial charge in [-0.1, -0.05) is 20.8 Å². The van der Waals surface area contributed by atoms with Gasteiger partial charge in [-0.05, 0) is 19.3 Å². The molecular formula is C13H21N3O4. The Hall–Kier alpha value is -1.92. The van der Waals surface area contributed by atoms with E-state index in [1.807, 2.05) is 27.7 Å². The lowest BCUT2D eigenvalue weighted by Gasteiger charge is -2.17. The van der Waals surface area contributed by atoms with Crippen LogP contribution in [0.25, 0.3) is 0 Å². The van der Waals surface area contributed by atoms with Gasteiger partial charge in [-0.15, -0.1) is 0 Å². The average molecular weight is 283 g/mol. The second kappa shape index (κ2) is 6.49. The van der Waals surface area contributed by atoms with Crippen LogP contribution in [-0.2, 0) is 14.4 Å². The molecule has 0 aromatic heterocycles. The molecule has 1 atom stereocenters. The second-order valence-electron chi connectivity index (χ2n) is 5.36. The Bertz CT molecular complexity index is 433. The third-order valence-electron chi connectivity index (χ3n) is 3.00. The maximum absolute atomic E-state index is 12.0. The van der Waals surface area contributed by atoms with E-state index in [9.17, 15) is 19.2 Å². The molecule has 7 heteroatoms. The number of hydrogen-bond donors (Lipinski definition) is 1. The lowest BCUT2D eigenvalue weighted by atomic mass is 10.2. The van der Waals surface area contributed by atoms with Gasteiger partial charge in [-0.25, -0.2) is 9.69 Å². The summed E-state index contributed by atoms with van der Waals surface area (Å²) in [6, 6.07) is -0.759. The maximum atomic E-state index is 12.0. The van der Waals surface area contributed by atoms with E-state index in [0.717, 1.165) is 11.3 Å². The molecular weight excluding hydrogens is 262 g/mol. The molecule has 20 heavy (non-hydrogen) atoms. The topological polar surface area (TPSA) is 86.8 Å². The Labute approximate surface area is 118 Å². The summed E-state index contributed by atoms with van der Waals surface area (Å²) in [6.45, 7) is 7.16. The van der Waals surface area contributed by atoms with Gasteiger partial charge in [0, 0.05) is 12.6 Å². The van der Waals surface area contributed by atoms with Crippen molar-refractivity contribution in [2.24, 2.45) is 5.92 Å². The van der Waals surface area contributed by atoms with E-state index in [4.69, 9.17) is 0 Å². The van der Waals surface area contributed by atoms with Gasteiger partial charge in [0.05, 0.1) is 0 Å². The van der Waals surface area contributed by atoms with Crippen LogP contribution in [0.1, 0.15) is 34.1 Å². The van der Waals surface area contributed by atoms with Crippen LogP contribution in [-0.4, -0.2) is 52.7 Å². The largest absolute Gasteiger partial charge is 0.352 e. The Kier molecular flexibility index (Phi) is 5.24. The summed E-state index contributed by atoms with van der Waals surface area (Å²) in [4.78, 5) is 48.7. The number of nitrogens with zero attached hydrogens (tertiary/aromatic N) is 2. The van der Waals surface area contributed by atoms with Gasteiger partial charge < -0.3 is 5.32 Å². The first kappa shape index (κ1) is 16.1. The zero-order chi connectivity index (χ0) is 15.4. The van der Waals surface area contributed by atoms with Gasteiger partial charge >= 0.3 is 17.8 Å². The molecule has 1 rings (SSSR count). The van der Waals surface area contributed by atoms with Crippen LogP contribution in [0.15, 0.2) is 0 Å². The molecule has 1 N–H and O–H groups in total. The molecule has 1 aliphatic rings. The van der Waals surface area contributed by atoms with Crippen LogP contribution in [0.5, 0.6) is 0 Å². The van der Waals surface area contributed by atoms with Crippen LogP contribution in [0.4, 0.5) is 4.79 Å². The summed E-state index contributed by atoms with van der Waals surface area (Å²) in [5, 5.41) is 2.65. The van der Waals surface area contributed by atoms with Crippen LogP contribution < -0.4 is 5.32 Å². The van der Waals surface area contributed by atoms with Crippen molar-refractivity contribution in [2.45, 2.75) is 40.2 Å². The van der Waals surface area contributed by atoms with Gasteiger partial charge in [0.15, 0.2) is 0 Å². The molecule has 1 aliphatic heterocycles. The van der Waals surface area contributed by atoms with E-state index in [1.165, 1.54) is 0 Å². The third-order valence-corrected chi connectivity index (χ3v) is 3.00. The average Bonchev–Trinajstić information content (AvgIpc) is 2.55. The summed E-state index contributed by atoms with van der Waals surface area (Å²) in [5.41, 5.74) is 0. The molecule has 0 radical (unpaired) electrons. The molecule has 1 fully saturated rings. The van der Waals surface area contributed by atoms with Gasteiger partial charge in [-0.2, -0.15) is 0 Å². The first-order valence-corrected chi connectivity index (χ1v) is 6.74. The van der Waals surface area contributed by atoms with Gasteiger partial charge in [-0.3, -0.25) is 19.3 Å². The molecule has 1 saturated heterocycles. The van der Waals surface area contributed by atoms with E-state index in [-0.39, 0.29) is 18.5 Å². The van der Waals surface area contributed by atoms with Crippen LogP contribution >= 0.6 is 0 Å². The molecule has 112 valence electrons. The molecule has 0 aromatic carbocycles. The minimum Gasteiger partial charge on any atom is -0.352 e. The monoisotopic (exact) mass is 283 g/mol. The summed E-state index contributed by atoms with van der Waals surface area (Å²) < 4.78 is 0. The van der Waals surface area contributed by atoms with Crippen molar-refractivity contribution in [3.05, 3.63) is 0 Å². The van der Waals surface area contributed by atoms with E-state index in [0.29, 0.717) is 4.90 Å². The van der Waals surface area contributed by atoms with Crippen molar-refractivity contribution in [3.8, 4) is 0 Å². The normalized spacial score (nSPS) is 17.1. The number of imide groups is 2. The van der Waals surface area contributed by atoms with Crippen molar-refractivity contribution in [2.75, 3.05) is 13.1 Å². The minimum atomic E-state index is -0.935. The van der Waals surface area contributed by atoms with Crippen molar-refractivity contribution >= 4 is 23.8 Å². The highest BCUT2D eigenvalue weighted by molar-refractivity contribution is 6.45. The number of carbonyl (C=O) groups is 4. The minimum absolute atomic E-state index is 0.0437. The predicted octanol–water partition coefficient (Wildman–Crippen LogP) is 0.348. The van der Waals surface area contributed by atoms with Crippen LogP contribution in [0, 0.1) is 5.92 Å². The van der Waals surface area contributed by atoms with Crippen molar-refractivity contribution in [1.29, 1.82) is 0 Å². The van der Waals surface area contributed by atoms with Crippen molar-refractivity contribution in [1.82, 2.24) is 15.1 Å². The second-order valence-corrected chi connectivity index (χ2v) is 5.36. The first-order valence-electron chi connectivity index (χ1n) is 6.74. The van der Waals surface area contributed by atoms with E-state index in [1.54, 1.807) is 0 Å². The summed E-state index contributed by atoms with van der Waals surface area (Å²) in [5.74, 6) is -2.18. The number of hydrogen-bond acceptors (Lipinski definition) is 4. The SMILES string of the molecule is CC[C@H](C)NC(=O)CN1C(=O)C(=O)N(CC(C)C)C1=O. The lowest BCUT2D eigenvalue weighted by molar-refractivity contribution is -0.144. The highest BCUT2D eigenvalue weighted by Gasteiger charge is 2.45. The number of rotatable bonds is 6. The van der Waals surface area contributed by atoms with Gasteiger partial charge in [0.25, 0.3) is 0 Å². The van der Waals surface area contributed by atoms with Crippen LogP contribution in [0.3, 0.4) is 0 Å². The zero-order valence-corrected chi connectivity index (χ0v) is 12.3. The zero-order valence-electron chi connectivity index (χ0n) is 12.3. The summed E-state index contributed by atoms with van der Waals surface area (Å²) in [6.07, 6.45) is 0.742. The van der Waals surface area contributed by atoms with E-state index in [2.05, 4.69) is 5.32 Å². The van der Waals surface area contributed by atoms with Crippen molar-refractivity contribution in [3.63, 3.8) is 0 Å². The number of carbonyl (C=O) groups excluding carboxylic acids is 4.